The third-order valence-corrected chi connectivity index (χ3v) is 5.78. The van der Waals surface area contributed by atoms with E-state index in [1.54, 1.807) is 17.3 Å². The molecule has 4 aromatic rings. The monoisotopic (exact) mass is 400 g/mol. The first kappa shape index (κ1) is 18.1. The van der Waals surface area contributed by atoms with Crippen LogP contribution >= 0.6 is 11.6 Å². The van der Waals surface area contributed by atoms with E-state index in [0.29, 0.717) is 6.04 Å². The second-order valence-electron chi connectivity index (χ2n) is 7.48. The van der Waals surface area contributed by atoms with E-state index < -0.39 is 0 Å². The van der Waals surface area contributed by atoms with Crippen LogP contribution in [0.4, 0.5) is 0 Å². The van der Waals surface area contributed by atoms with E-state index in [4.69, 9.17) is 11.6 Å². The molecule has 1 atom stereocenters. The summed E-state index contributed by atoms with van der Waals surface area (Å²) in [4.78, 5) is 3.99. The minimum absolute atomic E-state index is 0.473. The Hall–Kier alpha value is -2.95. The zero-order valence-electron chi connectivity index (χ0n) is 15.9. The molecule has 1 unspecified atom stereocenters. The Kier molecular flexibility index (Phi) is 4.88. The Balaban J connectivity index is 1.22. The summed E-state index contributed by atoms with van der Waals surface area (Å²) in [5.41, 5.74) is 7.64. The normalized spacial score (nSPS) is 15.4. The predicted molar refractivity (Wildman–Crippen MR) is 116 cm³/mol. The van der Waals surface area contributed by atoms with Gasteiger partial charge in [-0.1, -0.05) is 54.1 Å². The zero-order valence-corrected chi connectivity index (χ0v) is 16.7. The lowest BCUT2D eigenvalue weighted by atomic mass is 10.0. The van der Waals surface area contributed by atoms with Gasteiger partial charge in [0.1, 0.15) is 12.7 Å². The quantitative estimate of drug-likeness (QED) is 0.521. The molecule has 0 radical (unpaired) electrons. The lowest BCUT2D eigenvalue weighted by Gasteiger charge is -2.12. The average molecular weight is 401 g/mol. The maximum atomic E-state index is 6.02. The molecule has 1 aliphatic rings. The highest BCUT2D eigenvalue weighted by molar-refractivity contribution is 6.30. The van der Waals surface area contributed by atoms with Crippen LogP contribution in [0.15, 0.2) is 79.4 Å². The fourth-order valence-electron chi connectivity index (χ4n) is 3.95. The van der Waals surface area contributed by atoms with Gasteiger partial charge in [0.2, 0.25) is 0 Å². The summed E-state index contributed by atoms with van der Waals surface area (Å²) in [6, 6.07) is 23.8. The molecule has 0 amide bonds. The molecule has 0 bridgehead atoms. The van der Waals surface area contributed by atoms with Crippen LogP contribution in [0, 0.1) is 0 Å². The van der Waals surface area contributed by atoms with Crippen molar-refractivity contribution in [2.24, 2.45) is 0 Å². The highest BCUT2D eigenvalue weighted by atomic mass is 35.5. The van der Waals surface area contributed by atoms with Crippen LogP contribution in [0.3, 0.4) is 0 Å². The first-order valence-electron chi connectivity index (χ1n) is 9.80. The van der Waals surface area contributed by atoms with Gasteiger partial charge in [-0.3, -0.25) is 0 Å². The van der Waals surface area contributed by atoms with E-state index >= 15 is 0 Å². The van der Waals surface area contributed by atoms with Crippen LogP contribution in [-0.2, 0) is 19.4 Å². The van der Waals surface area contributed by atoms with Crippen LogP contribution < -0.4 is 5.32 Å². The lowest BCUT2D eigenvalue weighted by Crippen LogP contribution is -2.28. The molecule has 0 saturated heterocycles. The molecule has 1 aliphatic carbocycles. The van der Waals surface area contributed by atoms with Crippen LogP contribution in [0.1, 0.15) is 16.7 Å². The minimum Gasteiger partial charge on any atom is -0.309 e. The van der Waals surface area contributed by atoms with Crippen molar-refractivity contribution in [3.8, 4) is 16.8 Å². The minimum atomic E-state index is 0.473. The molecule has 1 N–H and O–H groups in total. The molecule has 29 heavy (non-hydrogen) atoms. The fraction of sp³-hybridized carbons (Fsp3) is 0.167. The molecule has 4 nitrogen and oxygen atoms in total. The number of nitrogens with zero attached hydrogens (tertiary/aromatic N) is 3. The standard InChI is InChI=1S/C24H21ClN4/c25-22-7-5-18(6-8-22)19-3-4-20-12-23(13-21(20)11-19)27-14-17-1-9-24(10-2-17)29-16-26-15-28-29/h1-11,15-16,23,27H,12-14H2. The molecular formula is C24H21ClN4. The van der Waals surface area contributed by atoms with Crippen molar-refractivity contribution in [2.75, 3.05) is 0 Å². The number of nitrogens with one attached hydrogen (secondary N) is 1. The van der Waals surface area contributed by atoms with Gasteiger partial charge in [-0.15, -0.1) is 0 Å². The van der Waals surface area contributed by atoms with E-state index in [9.17, 15) is 0 Å². The maximum Gasteiger partial charge on any atom is 0.138 e. The van der Waals surface area contributed by atoms with Crippen LogP contribution in [0.25, 0.3) is 16.8 Å². The van der Waals surface area contributed by atoms with Crippen molar-refractivity contribution in [1.29, 1.82) is 0 Å². The second-order valence-corrected chi connectivity index (χ2v) is 7.92. The zero-order chi connectivity index (χ0) is 19.6. The Morgan fingerprint density at radius 1 is 0.897 bits per heavy atom. The largest absolute Gasteiger partial charge is 0.309 e. The van der Waals surface area contributed by atoms with Gasteiger partial charge in [0.25, 0.3) is 0 Å². The topological polar surface area (TPSA) is 42.7 Å². The van der Waals surface area contributed by atoms with Crippen LogP contribution in [0.2, 0.25) is 5.02 Å². The van der Waals surface area contributed by atoms with Crippen molar-refractivity contribution in [3.05, 3.63) is 101 Å². The molecule has 5 rings (SSSR count). The van der Waals surface area contributed by atoms with Crippen molar-refractivity contribution < 1.29 is 0 Å². The van der Waals surface area contributed by atoms with Gasteiger partial charge >= 0.3 is 0 Å². The van der Waals surface area contributed by atoms with Gasteiger partial charge in [0, 0.05) is 17.6 Å². The number of rotatable bonds is 5. The Bertz CT molecular complexity index is 1100. The van der Waals surface area contributed by atoms with E-state index in [-0.39, 0.29) is 0 Å². The predicted octanol–water partition coefficient (Wildman–Crippen LogP) is 4.84. The second kappa shape index (κ2) is 7.82. The van der Waals surface area contributed by atoms with E-state index in [1.165, 1.54) is 27.8 Å². The Morgan fingerprint density at radius 2 is 1.66 bits per heavy atom. The number of aromatic nitrogens is 3. The summed E-state index contributed by atoms with van der Waals surface area (Å²) < 4.78 is 1.77. The maximum absolute atomic E-state index is 6.02. The third kappa shape index (κ3) is 3.95. The molecule has 0 aliphatic heterocycles. The van der Waals surface area contributed by atoms with Gasteiger partial charge in [0.15, 0.2) is 0 Å². The Morgan fingerprint density at radius 3 is 2.41 bits per heavy atom. The third-order valence-electron chi connectivity index (χ3n) is 5.53. The fourth-order valence-corrected chi connectivity index (χ4v) is 4.08. The molecular weight excluding hydrogens is 380 g/mol. The molecule has 5 heteroatoms. The molecule has 3 aromatic carbocycles. The van der Waals surface area contributed by atoms with Gasteiger partial charge < -0.3 is 5.32 Å². The summed E-state index contributed by atoms with van der Waals surface area (Å²) in [7, 11) is 0. The number of hydrogen-bond acceptors (Lipinski definition) is 3. The number of fused-ring (bicyclic) bond motifs is 1. The van der Waals surface area contributed by atoms with Crippen molar-refractivity contribution in [1.82, 2.24) is 20.1 Å². The summed E-state index contributed by atoms with van der Waals surface area (Å²) >= 11 is 6.02. The Labute approximate surface area is 175 Å². The summed E-state index contributed by atoms with van der Waals surface area (Å²) in [6.45, 7) is 0.861. The molecule has 1 aromatic heterocycles. The highest BCUT2D eigenvalue weighted by Crippen LogP contribution is 2.29. The van der Waals surface area contributed by atoms with E-state index in [0.717, 1.165) is 30.1 Å². The van der Waals surface area contributed by atoms with Gasteiger partial charge in [-0.25, -0.2) is 9.67 Å². The number of benzene rings is 3. The van der Waals surface area contributed by atoms with Crippen molar-refractivity contribution in [3.63, 3.8) is 0 Å². The van der Waals surface area contributed by atoms with E-state index in [2.05, 4.69) is 70.0 Å². The van der Waals surface area contributed by atoms with Crippen molar-refractivity contribution in [2.45, 2.75) is 25.4 Å². The smallest absolute Gasteiger partial charge is 0.138 e. The van der Waals surface area contributed by atoms with Crippen molar-refractivity contribution >= 4 is 11.6 Å². The average Bonchev–Trinajstić information content (AvgIpc) is 3.42. The van der Waals surface area contributed by atoms with Crippen LogP contribution in [-0.4, -0.2) is 20.8 Å². The lowest BCUT2D eigenvalue weighted by molar-refractivity contribution is 0.533. The summed E-state index contributed by atoms with van der Waals surface area (Å²) in [5, 5.41) is 8.65. The molecule has 144 valence electrons. The van der Waals surface area contributed by atoms with Gasteiger partial charge in [-0.05, 0) is 64.9 Å². The summed E-state index contributed by atoms with van der Waals surface area (Å²) in [6.07, 6.45) is 5.40. The van der Waals surface area contributed by atoms with Gasteiger partial charge in [0.05, 0.1) is 5.69 Å². The first-order chi connectivity index (χ1) is 14.2. The first-order valence-corrected chi connectivity index (χ1v) is 10.2. The van der Waals surface area contributed by atoms with Crippen LogP contribution in [0.5, 0.6) is 0 Å². The number of halogens is 1. The van der Waals surface area contributed by atoms with E-state index in [1.807, 2.05) is 12.1 Å². The molecule has 0 spiro atoms. The molecule has 1 heterocycles. The van der Waals surface area contributed by atoms with Gasteiger partial charge in [-0.2, -0.15) is 5.10 Å². The summed E-state index contributed by atoms with van der Waals surface area (Å²) in [5.74, 6) is 0. The highest BCUT2D eigenvalue weighted by Gasteiger charge is 2.21. The molecule has 0 saturated carbocycles. The molecule has 0 fully saturated rings. The SMILES string of the molecule is Clc1ccc(-c2ccc3c(c2)CC(NCc2ccc(-n4cncn4)cc2)C3)cc1. The number of hydrogen-bond donors (Lipinski definition) is 1.